The lowest BCUT2D eigenvalue weighted by Crippen LogP contribution is -2.29. The summed E-state index contributed by atoms with van der Waals surface area (Å²) in [4.78, 5) is 11.8. The first kappa shape index (κ1) is 13.6. The molecule has 104 valence electrons. The number of fused-ring (bicyclic) bond motifs is 1. The van der Waals surface area contributed by atoms with E-state index >= 15 is 0 Å². The van der Waals surface area contributed by atoms with Crippen LogP contribution in [0.25, 0.3) is 10.8 Å². The molecule has 20 heavy (non-hydrogen) atoms. The molecule has 1 aliphatic rings. The molecule has 3 nitrogen and oxygen atoms in total. The minimum absolute atomic E-state index is 0.0158. The summed E-state index contributed by atoms with van der Waals surface area (Å²) in [6.07, 6.45) is 2.60. The summed E-state index contributed by atoms with van der Waals surface area (Å²) in [6.45, 7) is 1.34. The highest BCUT2D eigenvalue weighted by Crippen LogP contribution is 2.27. The van der Waals surface area contributed by atoms with E-state index in [1.54, 1.807) is 0 Å². The molecule has 2 aromatic carbocycles. The van der Waals surface area contributed by atoms with Gasteiger partial charge in [-0.3, -0.25) is 4.79 Å². The van der Waals surface area contributed by atoms with Crippen molar-refractivity contribution >= 4 is 38.3 Å². The quantitative estimate of drug-likeness (QED) is 0.879. The topological polar surface area (TPSA) is 41.1 Å². The lowest BCUT2D eigenvalue weighted by molar-refractivity contribution is -0.115. The van der Waals surface area contributed by atoms with Crippen molar-refractivity contribution in [3.63, 3.8) is 0 Å². The maximum atomic E-state index is 11.8. The van der Waals surface area contributed by atoms with Crippen molar-refractivity contribution in [2.45, 2.75) is 12.8 Å². The van der Waals surface area contributed by atoms with Gasteiger partial charge in [-0.1, -0.05) is 28.1 Å². The zero-order valence-electron chi connectivity index (χ0n) is 11.2. The van der Waals surface area contributed by atoms with Crippen LogP contribution >= 0.6 is 15.9 Å². The minimum atomic E-state index is 0.0158. The van der Waals surface area contributed by atoms with E-state index in [9.17, 15) is 4.79 Å². The van der Waals surface area contributed by atoms with Crippen LogP contribution in [0.3, 0.4) is 0 Å². The van der Waals surface area contributed by atoms with Gasteiger partial charge < -0.3 is 10.6 Å². The van der Waals surface area contributed by atoms with Gasteiger partial charge in [0.05, 0.1) is 6.54 Å². The molecule has 0 bridgehead atoms. The first-order valence-corrected chi connectivity index (χ1v) is 7.70. The molecule has 0 spiro atoms. The Morgan fingerprint density at radius 2 is 1.90 bits per heavy atom. The number of rotatable bonds is 5. The van der Waals surface area contributed by atoms with Gasteiger partial charge in [-0.25, -0.2) is 0 Å². The molecule has 1 amide bonds. The number of nitrogens with one attached hydrogen (secondary N) is 2. The van der Waals surface area contributed by atoms with Gasteiger partial charge in [0.1, 0.15) is 0 Å². The fourth-order valence-electron chi connectivity index (χ4n) is 2.21. The van der Waals surface area contributed by atoms with Crippen LogP contribution in [0.5, 0.6) is 0 Å². The number of hydrogen-bond acceptors (Lipinski definition) is 2. The van der Waals surface area contributed by atoms with Gasteiger partial charge in [0, 0.05) is 10.2 Å². The summed E-state index contributed by atoms with van der Waals surface area (Å²) in [5, 5.41) is 8.40. The van der Waals surface area contributed by atoms with E-state index in [4.69, 9.17) is 0 Å². The van der Waals surface area contributed by atoms with Crippen LogP contribution in [-0.2, 0) is 4.79 Å². The molecule has 2 N–H and O–H groups in total. The highest BCUT2D eigenvalue weighted by atomic mass is 79.9. The normalized spacial score (nSPS) is 14.4. The number of halogens is 1. The number of anilines is 1. The first-order valence-electron chi connectivity index (χ1n) is 6.90. The van der Waals surface area contributed by atoms with E-state index in [-0.39, 0.29) is 5.91 Å². The Balaban J connectivity index is 1.61. The molecule has 0 heterocycles. The smallest absolute Gasteiger partial charge is 0.238 e. The second-order valence-electron chi connectivity index (χ2n) is 5.33. The fourth-order valence-corrected chi connectivity index (χ4v) is 2.59. The summed E-state index contributed by atoms with van der Waals surface area (Å²) in [7, 11) is 0. The third-order valence-corrected chi connectivity index (χ3v) is 3.99. The molecule has 0 saturated heterocycles. The lowest BCUT2D eigenvalue weighted by Gasteiger charge is -2.07. The molecule has 1 fully saturated rings. The summed E-state index contributed by atoms with van der Waals surface area (Å²) in [5.74, 6) is 0.809. The molecule has 2 aromatic rings. The molecule has 4 heteroatoms. The van der Waals surface area contributed by atoms with Crippen molar-refractivity contribution in [2.75, 3.05) is 18.4 Å². The summed E-state index contributed by atoms with van der Waals surface area (Å²) in [6, 6.07) is 12.1. The molecule has 0 unspecified atom stereocenters. The predicted octanol–water partition coefficient (Wildman–Crippen LogP) is 3.54. The second kappa shape index (κ2) is 5.94. The molecule has 0 aliphatic heterocycles. The Kier molecular flexibility index (Phi) is 4.03. The number of carbonyl (C=O) groups is 1. The van der Waals surface area contributed by atoms with E-state index in [2.05, 4.69) is 32.6 Å². The standard InChI is InChI=1S/C16H17BrN2O/c17-14-5-3-13-8-15(6-4-12(13)7-14)19-16(20)10-18-9-11-1-2-11/h3-8,11,18H,1-2,9-10H2,(H,19,20). The van der Waals surface area contributed by atoms with E-state index in [1.165, 1.54) is 12.8 Å². The highest BCUT2D eigenvalue weighted by Gasteiger charge is 2.20. The van der Waals surface area contributed by atoms with Crippen LogP contribution in [-0.4, -0.2) is 19.0 Å². The van der Waals surface area contributed by atoms with Crippen molar-refractivity contribution in [3.8, 4) is 0 Å². The van der Waals surface area contributed by atoms with Crippen molar-refractivity contribution < 1.29 is 4.79 Å². The van der Waals surface area contributed by atoms with E-state index in [0.29, 0.717) is 6.54 Å². The van der Waals surface area contributed by atoms with Gasteiger partial charge in [-0.2, -0.15) is 0 Å². The SMILES string of the molecule is O=C(CNCC1CC1)Nc1ccc2cc(Br)ccc2c1. The van der Waals surface area contributed by atoms with Crippen LogP contribution < -0.4 is 10.6 Å². The molecule has 1 saturated carbocycles. The molecule has 0 atom stereocenters. The Morgan fingerprint density at radius 1 is 1.15 bits per heavy atom. The Bertz CT molecular complexity index is 637. The average molecular weight is 333 g/mol. The maximum Gasteiger partial charge on any atom is 0.238 e. The van der Waals surface area contributed by atoms with Gasteiger partial charge in [-0.05, 0) is 60.3 Å². The number of amides is 1. The van der Waals surface area contributed by atoms with Crippen molar-refractivity contribution in [1.82, 2.24) is 5.32 Å². The fraction of sp³-hybridized carbons (Fsp3) is 0.312. The Hall–Kier alpha value is -1.39. The summed E-state index contributed by atoms with van der Waals surface area (Å²) >= 11 is 3.46. The molecular formula is C16H17BrN2O. The minimum Gasteiger partial charge on any atom is -0.325 e. The second-order valence-corrected chi connectivity index (χ2v) is 6.24. The van der Waals surface area contributed by atoms with Gasteiger partial charge >= 0.3 is 0 Å². The number of carbonyl (C=O) groups excluding carboxylic acids is 1. The van der Waals surface area contributed by atoms with E-state index in [1.807, 2.05) is 30.3 Å². The molecule has 1 aliphatic carbocycles. The zero-order chi connectivity index (χ0) is 13.9. The van der Waals surface area contributed by atoms with Crippen LogP contribution in [0.4, 0.5) is 5.69 Å². The first-order chi connectivity index (χ1) is 9.70. The monoisotopic (exact) mass is 332 g/mol. The summed E-state index contributed by atoms with van der Waals surface area (Å²) in [5.41, 5.74) is 0.845. The highest BCUT2D eigenvalue weighted by molar-refractivity contribution is 9.10. The van der Waals surface area contributed by atoms with Gasteiger partial charge in [0.25, 0.3) is 0 Å². The third-order valence-electron chi connectivity index (χ3n) is 3.50. The number of benzene rings is 2. The Labute approximate surface area is 126 Å². The average Bonchev–Trinajstić information content (AvgIpc) is 3.23. The largest absolute Gasteiger partial charge is 0.325 e. The van der Waals surface area contributed by atoms with Crippen molar-refractivity contribution in [3.05, 3.63) is 40.9 Å². The van der Waals surface area contributed by atoms with E-state index < -0.39 is 0 Å². The molecule has 0 aromatic heterocycles. The molecular weight excluding hydrogens is 316 g/mol. The lowest BCUT2D eigenvalue weighted by atomic mass is 10.1. The van der Waals surface area contributed by atoms with Crippen LogP contribution in [0.1, 0.15) is 12.8 Å². The molecule has 0 radical (unpaired) electrons. The maximum absolute atomic E-state index is 11.8. The van der Waals surface area contributed by atoms with Gasteiger partial charge in [0.2, 0.25) is 5.91 Å². The molecule has 3 rings (SSSR count). The van der Waals surface area contributed by atoms with Crippen LogP contribution in [0, 0.1) is 5.92 Å². The zero-order valence-corrected chi connectivity index (χ0v) is 12.7. The van der Waals surface area contributed by atoms with Crippen molar-refractivity contribution in [1.29, 1.82) is 0 Å². The predicted molar refractivity (Wildman–Crippen MR) is 85.9 cm³/mol. The van der Waals surface area contributed by atoms with E-state index in [0.717, 1.165) is 33.4 Å². The number of hydrogen-bond donors (Lipinski definition) is 2. The van der Waals surface area contributed by atoms with Crippen LogP contribution in [0.2, 0.25) is 0 Å². The Morgan fingerprint density at radius 3 is 2.70 bits per heavy atom. The van der Waals surface area contributed by atoms with Gasteiger partial charge in [0.15, 0.2) is 0 Å². The van der Waals surface area contributed by atoms with Gasteiger partial charge in [-0.15, -0.1) is 0 Å². The van der Waals surface area contributed by atoms with Crippen molar-refractivity contribution in [2.24, 2.45) is 5.92 Å². The third kappa shape index (κ3) is 3.58. The van der Waals surface area contributed by atoms with Crippen LogP contribution in [0.15, 0.2) is 40.9 Å². The summed E-state index contributed by atoms with van der Waals surface area (Å²) < 4.78 is 1.06.